The molecule has 4 heteroatoms. The second-order valence-electron chi connectivity index (χ2n) is 4.63. The Balaban J connectivity index is 3.18. The maximum absolute atomic E-state index is 6.00. The summed E-state index contributed by atoms with van der Waals surface area (Å²) >= 11 is 8.30. The molecule has 1 atom stereocenters. The van der Waals surface area contributed by atoms with Crippen molar-refractivity contribution in [2.75, 3.05) is 0 Å². The van der Waals surface area contributed by atoms with Crippen molar-refractivity contribution >= 4 is 34.2 Å². The Kier molecular flexibility index (Phi) is 4.40. The Morgan fingerprint density at radius 1 is 1.40 bits per heavy atom. The number of hydrogen-bond acceptors (Lipinski definition) is 2. The van der Waals surface area contributed by atoms with Gasteiger partial charge in [0.05, 0.1) is 6.04 Å². The zero-order chi connectivity index (χ0) is 11.6. The van der Waals surface area contributed by atoms with E-state index in [1.165, 1.54) is 3.57 Å². The van der Waals surface area contributed by atoms with Crippen LogP contribution in [-0.4, -0.2) is 0 Å². The maximum atomic E-state index is 6.00. The predicted molar refractivity (Wildman–Crippen MR) is 73.7 cm³/mol. The van der Waals surface area contributed by atoms with Gasteiger partial charge in [-0.3, -0.25) is 11.3 Å². The number of hydrazine groups is 1. The van der Waals surface area contributed by atoms with Crippen LogP contribution in [-0.2, 0) is 0 Å². The molecular formula is C11H16ClIN2. The molecule has 15 heavy (non-hydrogen) atoms. The van der Waals surface area contributed by atoms with Crippen LogP contribution in [0.1, 0.15) is 32.4 Å². The standard InChI is InChI=1S/C11H16ClIN2/c1-11(2,3)10(15-14)8-6-7(12)4-5-9(8)13/h4-6,10,15H,14H2,1-3H3. The van der Waals surface area contributed by atoms with Crippen LogP contribution in [0.3, 0.4) is 0 Å². The third-order valence-electron chi connectivity index (χ3n) is 2.30. The maximum Gasteiger partial charge on any atom is 0.0519 e. The van der Waals surface area contributed by atoms with Crippen molar-refractivity contribution in [2.45, 2.75) is 26.8 Å². The molecule has 1 aromatic rings. The van der Waals surface area contributed by atoms with Gasteiger partial charge in [-0.25, -0.2) is 0 Å². The molecule has 0 aliphatic carbocycles. The minimum absolute atomic E-state index is 0.0549. The summed E-state index contributed by atoms with van der Waals surface area (Å²) in [6.45, 7) is 6.44. The summed E-state index contributed by atoms with van der Waals surface area (Å²) in [7, 11) is 0. The van der Waals surface area contributed by atoms with Gasteiger partial charge in [0.25, 0.3) is 0 Å². The molecule has 0 spiro atoms. The number of benzene rings is 1. The van der Waals surface area contributed by atoms with Crippen molar-refractivity contribution in [2.24, 2.45) is 11.3 Å². The van der Waals surface area contributed by atoms with Crippen LogP contribution in [0.4, 0.5) is 0 Å². The Hall–Kier alpha value is 0.160. The topological polar surface area (TPSA) is 38.0 Å². The van der Waals surface area contributed by atoms with Crippen molar-refractivity contribution in [3.05, 3.63) is 32.4 Å². The van der Waals surface area contributed by atoms with Crippen LogP contribution in [0.5, 0.6) is 0 Å². The first-order chi connectivity index (χ1) is 6.86. The van der Waals surface area contributed by atoms with Gasteiger partial charge >= 0.3 is 0 Å². The summed E-state index contributed by atoms with van der Waals surface area (Å²) in [5.41, 5.74) is 4.07. The molecular weight excluding hydrogens is 322 g/mol. The largest absolute Gasteiger partial charge is 0.271 e. The van der Waals surface area contributed by atoms with E-state index in [9.17, 15) is 0 Å². The van der Waals surface area contributed by atoms with Crippen LogP contribution >= 0.6 is 34.2 Å². The molecule has 1 unspecified atom stereocenters. The van der Waals surface area contributed by atoms with E-state index in [1.54, 1.807) is 0 Å². The van der Waals surface area contributed by atoms with Gasteiger partial charge in [-0.2, -0.15) is 0 Å². The Labute approximate surface area is 110 Å². The third-order valence-corrected chi connectivity index (χ3v) is 3.52. The average Bonchev–Trinajstić information content (AvgIpc) is 2.10. The molecule has 1 rings (SSSR count). The summed E-state index contributed by atoms with van der Waals surface area (Å²) in [6.07, 6.45) is 0. The number of nitrogens with one attached hydrogen (secondary N) is 1. The van der Waals surface area contributed by atoms with Crippen LogP contribution in [0.2, 0.25) is 5.02 Å². The summed E-state index contributed by atoms with van der Waals surface area (Å²) in [4.78, 5) is 0. The van der Waals surface area contributed by atoms with Gasteiger partial charge in [-0.15, -0.1) is 0 Å². The molecule has 0 fully saturated rings. The molecule has 0 saturated heterocycles. The zero-order valence-corrected chi connectivity index (χ0v) is 12.1. The number of hydrogen-bond donors (Lipinski definition) is 2. The van der Waals surface area contributed by atoms with Gasteiger partial charge < -0.3 is 0 Å². The summed E-state index contributed by atoms with van der Waals surface area (Å²) in [6, 6.07) is 5.97. The highest BCUT2D eigenvalue weighted by Gasteiger charge is 2.26. The molecule has 3 N–H and O–H groups in total. The molecule has 0 aliphatic heterocycles. The molecule has 0 saturated carbocycles. The quantitative estimate of drug-likeness (QED) is 0.492. The Morgan fingerprint density at radius 3 is 2.47 bits per heavy atom. The normalized spacial score (nSPS) is 14.0. The summed E-state index contributed by atoms with van der Waals surface area (Å²) in [5, 5.41) is 0.745. The molecule has 0 heterocycles. The summed E-state index contributed by atoms with van der Waals surface area (Å²) < 4.78 is 1.18. The van der Waals surface area contributed by atoms with E-state index in [4.69, 9.17) is 17.4 Å². The highest BCUT2D eigenvalue weighted by atomic mass is 127. The first-order valence-corrected chi connectivity index (χ1v) is 6.23. The van der Waals surface area contributed by atoms with Crippen molar-refractivity contribution in [1.82, 2.24) is 5.43 Å². The second-order valence-corrected chi connectivity index (χ2v) is 6.23. The van der Waals surface area contributed by atoms with Crippen molar-refractivity contribution in [3.63, 3.8) is 0 Å². The number of nitrogens with two attached hydrogens (primary N) is 1. The average molecular weight is 339 g/mol. The lowest BCUT2D eigenvalue weighted by Gasteiger charge is -2.31. The first-order valence-electron chi connectivity index (χ1n) is 4.77. The second kappa shape index (κ2) is 4.99. The molecule has 2 nitrogen and oxygen atoms in total. The monoisotopic (exact) mass is 338 g/mol. The van der Waals surface area contributed by atoms with E-state index in [0.717, 1.165) is 10.6 Å². The smallest absolute Gasteiger partial charge is 0.0519 e. The summed E-state index contributed by atoms with van der Waals surface area (Å²) in [5.74, 6) is 5.61. The van der Waals surface area contributed by atoms with Crippen LogP contribution in [0, 0.1) is 8.99 Å². The molecule has 0 amide bonds. The minimum atomic E-state index is 0.0549. The van der Waals surface area contributed by atoms with Gasteiger partial charge in [-0.1, -0.05) is 32.4 Å². The van der Waals surface area contributed by atoms with E-state index >= 15 is 0 Å². The van der Waals surface area contributed by atoms with Crippen molar-refractivity contribution < 1.29 is 0 Å². The van der Waals surface area contributed by atoms with E-state index < -0.39 is 0 Å². The number of halogens is 2. The van der Waals surface area contributed by atoms with E-state index in [2.05, 4.69) is 48.8 Å². The van der Waals surface area contributed by atoms with Crippen LogP contribution in [0.25, 0.3) is 0 Å². The third kappa shape index (κ3) is 3.31. The van der Waals surface area contributed by atoms with Crippen molar-refractivity contribution in [3.8, 4) is 0 Å². The fourth-order valence-corrected chi connectivity index (χ4v) is 2.37. The lowest BCUT2D eigenvalue weighted by atomic mass is 9.83. The zero-order valence-electron chi connectivity index (χ0n) is 9.14. The molecule has 0 aromatic heterocycles. The lowest BCUT2D eigenvalue weighted by molar-refractivity contribution is 0.274. The van der Waals surface area contributed by atoms with Gasteiger partial charge in [0, 0.05) is 8.59 Å². The van der Waals surface area contributed by atoms with E-state index in [-0.39, 0.29) is 11.5 Å². The fourth-order valence-electron chi connectivity index (χ4n) is 1.54. The Bertz CT molecular complexity index is 347. The first kappa shape index (κ1) is 13.2. The molecule has 0 aliphatic rings. The SMILES string of the molecule is CC(C)(C)C(NN)c1cc(Cl)ccc1I. The van der Waals surface area contributed by atoms with Gasteiger partial charge in [0.15, 0.2) is 0 Å². The molecule has 84 valence electrons. The van der Waals surface area contributed by atoms with Gasteiger partial charge in [-0.05, 0) is 51.8 Å². The molecule has 0 radical (unpaired) electrons. The molecule has 0 bridgehead atoms. The predicted octanol–water partition coefficient (Wildman–Crippen LogP) is 3.50. The van der Waals surface area contributed by atoms with E-state index in [0.29, 0.717) is 0 Å². The highest BCUT2D eigenvalue weighted by Crippen LogP contribution is 2.35. The van der Waals surface area contributed by atoms with Crippen molar-refractivity contribution in [1.29, 1.82) is 0 Å². The highest BCUT2D eigenvalue weighted by molar-refractivity contribution is 14.1. The van der Waals surface area contributed by atoms with Crippen LogP contribution < -0.4 is 11.3 Å². The van der Waals surface area contributed by atoms with E-state index in [1.807, 2.05) is 18.2 Å². The Morgan fingerprint density at radius 2 is 2.00 bits per heavy atom. The number of rotatable bonds is 2. The fraction of sp³-hybridized carbons (Fsp3) is 0.455. The van der Waals surface area contributed by atoms with Gasteiger partial charge in [0.1, 0.15) is 0 Å². The van der Waals surface area contributed by atoms with Gasteiger partial charge in [0.2, 0.25) is 0 Å². The minimum Gasteiger partial charge on any atom is -0.271 e. The lowest BCUT2D eigenvalue weighted by Crippen LogP contribution is -2.37. The molecule has 1 aromatic carbocycles. The van der Waals surface area contributed by atoms with Crippen LogP contribution in [0.15, 0.2) is 18.2 Å².